The molecule has 0 aliphatic carbocycles. The molecule has 1 saturated heterocycles. The van der Waals surface area contributed by atoms with E-state index in [1.54, 1.807) is 12.1 Å². The maximum atomic E-state index is 12.9. The summed E-state index contributed by atoms with van der Waals surface area (Å²) in [4.78, 5) is 38.3. The molecule has 2 bridgehead atoms. The van der Waals surface area contributed by atoms with Crippen LogP contribution >= 0.6 is 0 Å². The SMILES string of the molecule is CC(=O)NC(C(=O)N1C[C@H]2C[C@@H](C1)c1cccc(=O)n1C2)C(C)C. The second-order valence-corrected chi connectivity index (χ2v) is 7.36. The van der Waals surface area contributed by atoms with Crippen molar-refractivity contribution in [3.05, 3.63) is 34.2 Å². The number of pyridine rings is 1. The number of rotatable bonds is 3. The van der Waals surface area contributed by atoms with Gasteiger partial charge in [-0.3, -0.25) is 14.4 Å². The number of fused-ring (bicyclic) bond motifs is 4. The van der Waals surface area contributed by atoms with E-state index in [4.69, 9.17) is 0 Å². The number of piperidine rings is 1. The van der Waals surface area contributed by atoms with E-state index in [0.29, 0.717) is 25.6 Å². The maximum Gasteiger partial charge on any atom is 0.250 e. The Balaban J connectivity index is 1.82. The van der Waals surface area contributed by atoms with Gasteiger partial charge in [0.05, 0.1) is 0 Å². The van der Waals surface area contributed by atoms with Crippen molar-refractivity contribution in [2.24, 2.45) is 11.8 Å². The number of hydrogen-bond acceptors (Lipinski definition) is 3. The molecule has 0 radical (unpaired) electrons. The molecule has 3 heterocycles. The van der Waals surface area contributed by atoms with Gasteiger partial charge in [0.25, 0.3) is 5.56 Å². The van der Waals surface area contributed by atoms with E-state index in [9.17, 15) is 14.4 Å². The lowest BCUT2D eigenvalue weighted by atomic mass is 9.82. The van der Waals surface area contributed by atoms with Gasteiger partial charge in [0.15, 0.2) is 0 Å². The number of likely N-dealkylation sites (tertiary alicyclic amines) is 1. The molecule has 130 valence electrons. The van der Waals surface area contributed by atoms with Crippen LogP contribution in [0.15, 0.2) is 23.0 Å². The summed E-state index contributed by atoms with van der Waals surface area (Å²) in [6, 6.07) is 4.89. The summed E-state index contributed by atoms with van der Waals surface area (Å²) < 4.78 is 1.86. The van der Waals surface area contributed by atoms with Crippen LogP contribution in [0.1, 0.15) is 38.8 Å². The topological polar surface area (TPSA) is 71.4 Å². The number of nitrogens with one attached hydrogen (secondary N) is 1. The fraction of sp³-hybridized carbons (Fsp3) is 0.611. The number of aromatic nitrogens is 1. The van der Waals surface area contributed by atoms with Crippen LogP contribution in [0, 0.1) is 11.8 Å². The fourth-order valence-electron chi connectivity index (χ4n) is 4.01. The van der Waals surface area contributed by atoms with Crippen molar-refractivity contribution < 1.29 is 9.59 Å². The van der Waals surface area contributed by atoms with E-state index in [1.165, 1.54) is 6.92 Å². The summed E-state index contributed by atoms with van der Waals surface area (Å²) in [5, 5.41) is 2.79. The molecule has 1 unspecified atom stereocenters. The molecule has 1 aromatic heterocycles. The largest absolute Gasteiger partial charge is 0.344 e. The molecule has 6 nitrogen and oxygen atoms in total. The van der Waals surface area contributed by atoms with Crippen molar-refractivity contribution in [2.75, 3.05) is 13.1 Å². The lowest BCUT2D eigenvalue weighted by molar-refractivity contribution is -0.139. The molecule has 0 saturated carbocycles. The van der Waals surface area contributed by atoms with Gasteiger partial charge >= 0.3 is 0 Å². The molecule has 1 N–H and O–H groups in total. The van der Waals surface area contributed by atoms with Crippen LogP contribution in [0.4, 0.5) is 0 Å². The highest BCUT2D eigenvalue weighted by molar-refractivity contribution is 5.87. The maximum absolute atomic E-state index is 12.9. The summed E-state index contributed by atoms with van der Waals surface area (Å²) >= 11 is 0. The monoisotopic (exact) mass is 331 g/mol. The molecule has 3 rings (SSSR count). The Bertz CT molecular complexity index is 710. The normalized spacial score (nSPS) is 23.6. The van der Waals surface area contributed by atoms with E-state index in [-0.39, 0.29) is 29.2 Å². The predicted molar refractivity (Wildman–Crippen MR) is 90.6 cm³/mol. The molecule has 24 heavy (non-hydrogen) atoms. The molecule has 2 amide bonds. The Hall–Kier alpha value is -2.11. The first-order valence-corrected chi connectivity index (χ1v) is 8.62. The summed E-state index contributed by atoms with van der Waals surface area (Å²) in [5.41, 5.74) is 1.07. The number of nitrogens with zero attached hydrogens (tertiary/aromatic N) is 2. The van der Waals surface area contributed by atoms with Gasteiger partial charge in [-0.1, -0.05) is 19.9 Å². The number of hydrogen-bond donors (Lipinski definition) is 1. The van der Waals surface area contributed by atoms with Crippen molar-refractivity contribution in [3.8, 4) is 0 Å². The molecule has 2 aliphatic heterocycles. The van der Waals surface area contributed by atoms with Crippen molar-refractivity contribution in [3.63, 3.8) is 0 Å². The Morgan fingerprint density at radius 2 is 1.96 bits per heavy atom. The number of carbonyl (C=O) groups excluding carboxylic acids is 2. The smallest absolute Gasteiger partial charge is 0.250 e. The van der Waals surface area contributed by atoms with Crippen LogP contribution in [0.5, 0.6) is 0 Å². The highest BCUT2D eigenvalue weighted by Crippen LogP contribution is 2.35. The van der Waals surface area contributed by atoms with Crippen molar-refractivity contribution in [1.82, 2.24) is 14.8 Å². The quantitative estimate of drug-likeness (QED) is 0.896. The van der Waals surface area contributed by atoms with Crippen LogP contribution in [0.2, 0.25) is 0 Å². The second-order valence-electron chi connectivity index (χ2n) is 7.36. The van der Waals surface area contributed by atoms with Gasteiger partial charge in [0, 0.05) is 44.2 Å². The standard InChI is InChI=1S/C18H25N3O3/c1-11(2)17(19-12(3)22)18(24)20-8-13-7-14(10-20)15-5-4-6-16(23)21(15)9-13/h4-6,11,13-14,17H,7-10H2,1-3H3,(H,19,22)/t13-,14+,17?/m1/s1. The molecule has 2 aliphatic rings. The minimum absolute atomic E-state index is 0.0124. The van der Waals surface area contributed by atoms with Gasteiger partial charge in [-0.05, 0) is 24.3 Å². The Morgan fingerprint density at radius 3 is 2.62 bits per heavy atom. The molecule has 1 aromatic rings. The van der Waals surface area contributed by atoms with E-state index >= 15 is 0 Å². The molecule has 1 fully saturated rings. The third-order valence-electron chi connectivity index (χ3n) is 5.08. The van der Waals surface area contributed by atoms with Crippen LogP contribution in [-0.4, -0.2) is 40.4 Å². The Kier molecular flexibility index (Phi) is 4.47. The molecule has 0 spiro atoms. The average molecular weight is 331 g/mol. The highest BCUT2D eigenvalue weighted by Gasteiger charge is 2.38. The average Bonchev–Trinajstić information content (AvgIpc) is 2.52. The first-order chi connectivity index (χ1) is 11.4. The lowest BCUT2D eigenvalue weighted by Gasteiger charge is -2.44. The van der Waals surface area contributed by atoms with Crippen LogP contribution in [-0.2, 0) is 16.1 Å². The first-order valence-electron chi connectivity index (χ1n) is 8.62. The lowest BCUT2D eigenvalue weighted by Crippen LogP contribution is -2.56. The van der Waals surface area contributed by atoms with Crippen LogP contribution in [0.3, 0.4) is 0 Å². The molecule has 0 aromatic carbocycles. The number of amides is 2. The summed E-state index contributed by atoms with van der Waals surface area (Å²) in [6.45, 7) is 7.26. The zero-order valence-corrected chi connectivity index (χ0v) is 14.5. The van der Waals surface area contributed by atoms with Gasteiger partial charge in [0.2, 0.25) is 11.8 Å². The molecular weight excluding hydrogens is 306 g/mol. The first kappa shape index (κ1) is 16.7. The zero-order valence-electron chi connectivity index (χ0n) is 14.5. The zero-order chi connectivity index (χ0) is 17.4. The minimum Gasteiger partial charge on any atom is -0.344 e. The van der Waals surface area contributed by atoms with E-state index in [2.05, 4.69) is 5.32 Å². The summed E-state index contributed by atoms with van der Waals surface area (Å²) in [7, 11) is 0. The minimum atomic E-state index is -0.487. The van der Waals surface area contributed by atoms with E-state index < -0.39 is 6.04 Å². The van der Waals surface area contributed by atoms with Crippen molar-refractivity contribution in [1.29, 1.82) is 0 Å². The fourth-order valence-corrected chi connectivity index (χ4v) is 4.01. The predicted octanol–water partition coefficient (Wildman–Crippen LogP) is 0.955. The van der Waals surface area contributed by atoms with Gasteiger partial charge < -0.3 is 14.8 Å². The van der Waals surface area contributed by atoms with Gasteiger partial charge in [-0.25, -0.2) is 0 Å². The van der Waals surface area contributed by atoms with E-state index in [0.717, 1.165) is 12.1 Å². The molecule has 6 heteroatoms. The molecule has 3 atom stereocenters. The third kappa shape index (κ3) is 3.09. The van der Waals surface area contributed by atoms with Crippen molar-refractivity contribution in [2.45, 2.75) is 45.7 Å². The Morgan fingerprint density at radius 1 is 1.21 bits per heavy atom. The van der Waals surface area contributed by atoms with Crippen LogP contribution in [0.25, 0.3) is 0 Å². The van der Waals surface area contributed by atoms with Gasteiger partial charge in [0.1, 0.15) is 6.04 Å². The van der Waals surface area contributed by atoms with Crippen molar-refractivity contribution >= 4 is 11.8 Å². The highest BCUT2D eigenvalue weighted by atomic mass is 16.2. The third-order valence-corrected chi connectivity index (χ3v) is 5.08. The Labute approximate surface area is 141 Å². The summed E-state index contributed by atoms with van der Waals surface area (Å²) in [5.74, 6) is 0.335. The van der Waals surface area contributed by atoms with Crippen LogP contribution < -0.4 is 10.9 Å². The van der Waals surface area contributed by atoms with Gasteiger partial charge in [-0.2, -0.15) is 0 Å². The second kappa shape index (κ2) is 6.42. The summed E-state index contributed by atoms with van der Waals surface area (Å²) in [6.07, 6.45) is 1.01. The number of carbonyl (C=O) groups is 2. The molecular formula is C18H25N3O3. The van der Waals surface area contributed by atoms with Gasteiger partial charge in [-0.15, -0.1) is 0 Å². The van der Waals surface area contributed by atoms with E-state index in [1.807, 2.05) is 29.4 Å².